The van der Waals surface area contributed by atoms with Gasteiger partial charge in [-0.1, -0.05) is 6.07 Å². The minimum Gasteiger partial charge on any atom is -0.493 e. The highest BCUT2D eigenvalue weighted by atomic mass is 79.9. The van der Waals surface area contributed by atoms with Gasteiger partial charge in [0.15, 0.2) is 11.5 Å². The lowest BCUT2D eigenvalue weighted by molar-refractivity contribution is -0.111. The maximum absolute atomic E-state index is 12.2. The third-order valence-electron chi connectivity index (χ3n) is 3.52. The quantitative estimate of drug-likeness (QED) is 0.520. The van der Waals surface area contributed by atoms with E-state index in [2.05, 4.69) is 21.2 Å². The van der Waals surface area contributed by atoms with E-state index in [1.165, 1.54) is 6.08 Å². The van der Waals surface area contributed by atoms with Crippen LogP contribution in [-0.2, 0) is 9.53 Å². The predicted molar refractivity (Wildman–Crippen MR) is 107 cm³/mol. The van der Waals surface area contributed by atoms with Crippen molar-refractivity contribution in [2.24, 2.45) is 0 Å². The molecule has 2 aromatic rings. The Morgan fingerprint density at radius 1 is 1.15 bits per heavy atom. The van der Waals surface area contributed by atoms with Crippen LogP contribution in [0.1, 0.15) is 22.8 Å². The average molecular weight is 434 g/mol. The van der Waals surface area contributed by atoms with Gasteiger partial charge in [0, 0.05) is 11.8 Å². The zero-order chi connectivity index (χ0) is 19.8. The summed E-state index contributed by atoms with van der Waals surface area (Å²) in [5, 5.41) is 2.71. The molecule has 142 valence electrons. The van der Waals surface area contributed by atoms with Crippen molar-refractivity contribution in [3.05, 3.63) is 58.1 Å². The lowest BCUT2D eigenvalue weighted by Crippen LogP contribution is -2.09. The summed E-state index contributed by atoms with van der Waals surface area (Å²) >= 11 is 3.41. The number of anilines is 1. The monoisotopic (exact) mass is 433 g/mol. The molecule has 1 amide bonds. The summed E-state index contributed by atoms with van der Waals surface area (Å²) in [5.41, 5.74) is 1.64. The Balaban J connectivity index is 2.11. The number of halogens is 1. The molecule has 0 aromatic heterocycles. The number of rotatable bonds is 7. The van der Waals surface area contributed by atoms with Crippen molar-refractivity contribution in [3.8, 4) is 11.5 Å². The molecular weight excluding hydrogens is 414 g/mol. The summed E-state index contributed by atoms with van der Waals surface area (Å²) in [7, 11) is 3.09. The molecule has 27 heavy (non-hydrogen) atoms. The number of benzene rings is 2. The molecule has 0 aliphatic carbocycles. The first-order valence-electron chi connectivity index (χ1n) is 8.16. The summed E-state index contributed by atoms with van der Waals surface area (Å²) in [6.07, 6.45) is 3.04. The highest BCUT2D eigenvalue weighted by Crippen LogP contribution is 2.36. The number of hydrogen-bond donors (Lipinski definition) is 1. The number of ether oxygens (including phenoxy) is 3. The Bertz CT molecular complexity index is 863. The molecule has 0 unspecified atom stereocenters. The van der Waals surface area contributed by atoms with E-state index in [4.69, 9.17) is 14.2 Å². The number of hydrogen-bond acceptors (Lipinski definition) is 5. The van der Waals surface area contributed by atoms with Crippen molar-refractivity contribution in [1.29, 1.82) is 0 Å². The second kappa shape index (κ2) is 9.78. The van der Waals surface area contributed by atoms with Crippen molar-refractivity contribution in [3.63, 3.8) is 0 Å². The van der Waals surface area contributed by atoms with Gasteiger partial charge in [0.1, 0.15) is 0 Å². The molecule has 0 heterocycles. The fourth-order valence-corrected chi connectivity index (χ4v) is 2.95. The first-order valence-corrected chi connectivity index (χ1v) is 8.95. The smallest absolute Gasteiger partial charge is 0.338 e. The van der Waals surface area contributed by atoms with E-state index in [0.717, 1.165) is 5.56 Å². The van der Waals surface area contributed by atoms with Crippen LogP contribution in [0.4, 0.5) is 5.69 Å². The van der Waals surface area contributed by atoms with Crippen LogP contribution >= 0.6 is 15.9 Å². The Labute approximate surface area is 166 Å². The molecule has 2 aromatic carbocycles. The third kappa shape index (κ3) is 5.59. The summed E-state index contributed by atoms with van der Waals surface area (Å²) in [4.78, 5) is 23.9. The first-order chi connectivity index (χ1) is 13.0. The van der Waals surface area contributed by atoms with Crippen molar-refractivity contribution < 1.29 is 23.8 Å². The Hall–Kier alpha value is -2.80. The Kier molecular flexibility index (Phi) is 7.43. The normalized spacial score (nSPS) is 10.5. The van der Waals surface area contributed by atoms with E-state index in [1.807, 2.05) is 6.07 Å². The number of methoxy groups -OCH3 is 2. The maximum Gasteiger partial charge on any atom is 0.338 e. The summed E-state index contributed by atoms with van der Waals surface area (Å²) in [6.45, 7) is 2.03. The molecule has 1 N–H and O–H groups in total. The van der Waals surface area contributed by atoms with Gasteiger partial charge < -0.3 is 19.5 Å². The first kappa shape index (κ1) is 20.5. The van der Waals surface area contributed by atoms with Crippen LogP contribution in [0.15, 0.2) is 46.9 Å². The van der Waals surface area contributed by atoms with Crippen LogP contribution < -0.4 is 14.8 Å². The molecule has 0 atom stereocenters. The van der Waals surface area contributed by atoms with Crippen LogP contribution in [-0.4, -0.2) is 32.7 Å². The summed E-state index contributed by atoms with van der Waals surface area (Å²) in [5.74, 6) is 0.366. The maximum atomic E-state index is 12.2. The molecule has 0 radical (unpaired) electrons. The van der Waals surface area contributed by atoms with Crippen molar-refractivity contribution in [1.82, 2.24) is 0 Å². The Morgan fingerprint density at radius 3 is 2.59 bits per heavy atom. The summed E-state index contributed by atoms with van der Waals surface area (Å²) in [6, 6.07) is 10.1. The molecule has 0 aliphatic rings. The highest BCUT2D eigenvalue weighted by Gasteiger charge is 2.10. The SMILES string of the molecule is CCOC(=O)c1cccc(NC(=O)C=Cc2cc(Br)c(OC)c(OC)c2)c1. The van der Waals surface area contributed by atoms with Gasteiger partial charge in [-0.05, 0) is 64.8 Å². The zero-order valence-electron chi connectivity index (χ0n) is 15.2. The number of amides is 1. The number of esters is 1. The minimum absolute atomic E-state index is 0.291. The van der Waals surface area contributed by atoms with Gasteiger partial charge in [-0.3, -0.25) is 4.79 Å². The van der Waals surface area contributed by atoms with Gasteiger partial charge in [-0.15, -0.1) is 0 Å². The molecule has 0 saturated heterocycles. The fraction of sp³-hybridized carbons (Fsp3) is 0.200. The molecule has 0 saturated carbocycles. The molecule has 0 aliphatic heterocycles. The molecule has 2 rings (SSSR count). The third-order valence-corrected chi connectivity index (χ3v) is 4.11. The van der Waals surface area contributed by atoms with Gasteiger partial charge in [-0.2, -0.15) is 0 Å². The van der Waals surface area contributed by atoms with Crippen LogP contribution in [0.5, 0.6) is 11.5 Å². The van der Waals surface area contributed by atoms with E-state index in [0.29, 0.717) is 33.8 Å². The molecule has 0 fully saturated rings. The molecule has 7 heteroatoms. The summed E-state index contributed by atoms with van der Waals surface area (Å²) < 4.78 is 16.2. The van der Waals surface area contributed by atoms with E-state index in [1.54, 1.807) is 57.6 Å². The average Bonchev–Trinajstić information content (AvgIpc) is 2.66. The topological polar surface area (TPSA) is 73.9 Å². The second-order valence-electron chi connectivity index (χ2n) is 5.36. The highest BCUT2D eigenvalue weighted by molar-refractivity contribution is 9.10. The molecule has 6 nitrogen and oxygen atoms in total. The van der Waals surface area contributed by atoms with Crippen LogP contribution in [0.25, 0.3) is 6.08 Å². The standard InChI is InChI=1S/C20H20BrNO5/c1-4-27-20(24)14-6-5-7-15(12-14)22-18(23)9-8-13-10-16(21)19(26-3)17(11-13)25-2/h5-12H,4H2,1-3H3,(H,22,23). The second-order valence-corrected chi connectivity index (χ2v) is 6.22. The van der Waals surface area contributed by atoms with Crippen molar-refractivity contribution in [2.75, 3.05) is 26.1 Å². The van der Waals surface area contributed by atoms with Gasteiger partial charge in [0.2, 0.25) is 5.91 Å². The molecule has 0 spiro atoms. The van der Waals surface area contributed by atoms with Crippen molar-refractivity contribution >= 4 is 39.6 Å². The van der Waals surface area contributed by atoms with E-state index >= 15 is 0 Å². The zero-order valence-corrected chi connectivity index (χ0v) is 16.8. The van der Waals surface area contributed by atoms with Gasteiger partial charge in [0.05, 0.1) is 30.9 Å². The minimum atomic E-state index is -0.431. The van der Waals surface area contributed by atoms with Gasteiger partial charge in [-0.25, -0.2) is 4.79 Å². The number of nitrogens with one attached hydrogen (secondary N) is 1. The largest absolute Gasteiger partial charge is 0.493 e. The van der Waals surface area contributed by atoms with Crippen LogP contribution in [0, 0.1) is 0 Å². The van der Waals surface area contributed by atoms with E-state index < -0.39 is 5.97 Å². The molecule has 0 bridgehead atoms. The Morgan fingerprint density at radius 2 is 1.93 bits per heavy atom. The van der Waals surface area contributed by atoms with Gasteiger partial charge in [0.25, 0.3) is 0 Å². The van der Waals surface area contributed by atoms with E-state index in [-0.39, 0.29) is 5.91 Å². The number of carbonyl (C=O) groups excluding carboxylic acids is 2. The van der Waals surface area contributed by atoms with Gasteiger partial charge >= 0.3 is 5.97 Å². The van der Waals surface area contributed by atoms with Crippen molar-refractivity contribution in [2.45, 2.75) is 6.92 Å². The van der Waals surface area contributed by atoms with Crippen LogP contribution in [0.2, 0.25) is 0 Å². The lowest BCUT2D eigenvalue weighted by Gasteiger charge is -2.10. The van der Waals surface area contributed by atoms with Crippen LogP contribution in [0.3, 0.4) is 0 Å². The number of carbonyl (C=O) groups is 2. The lowest BCUT2D eigenvalue weighted by atomic mass is 10.1. The van der Waals surface area contributed by atoms with E-state index in [9.17, 15) is 9.59 Å². The predicted octanol–water partition coefficient (Wildman–Crippen LogP) is 4.29. The molecular formula is C20H20BrNO5. The fourth-order valence-electron chi connectivity index (χ4n) is 2.33.